The van der Waals surface area contributed by atoms with Crippen LogP contribution in [0.3, 0.4) is 0 Å². The van der Waals surface area contributed by atoms with Gasteiger partial charge in [-0.2, -0.15) is 0 Å². The van der Waals surface area contributed by atoms with Crippen LogP contribution < -0.4 is 0 Å². The molecule has 0 radical (unpaired) electrons. The lowest BCUT2D eigenvalue weighted by Crippen LogP contribution is -2.16. The van der Waals surface area contributed by atoms with Gasteiger partial charge in [-0.15, -0.1) is 0 Å². The van der Waals surface area contributed by atoms with Crippen molar-refractivity contribution in [2.24, 2.45) is 4.99 Å². The number of hydrogen-bond acceptors (Lipinski definition) is 1. The van der Waals surface area contributed by atoms with Crippen molar-refractivity contribution < 1.29 is 0 Å². The second-order valence-electron chi connectivity index (χ2n) is 5.76. The van der Waals surface area contributed by atoms with E-state index < -0.39 is 0 Å². The minimum Gasteiger partial charge on any atom is -0.283 e. The average molecular weight is 251 g/mol. The fourth-order valence-electron chi connectivity index (χ4n) is 2.03. The number of rotatable bonds is 3. The molecule has 19 heavy (non-hydrogen) atoms. The monoisotopic (exact) mass is 251 g/mol. The Labute approximate surface area is 116 Å². The highest BCUT2D eigenvalue weighted by atomic mass is 14.8. The molecule has 0 bridgehead atoms. The molecule has 0 aliphatic rings. The molecule has 98 valence electrons. The fraction of sp³-hybridized carbons (Fsp3) is 0.278. The predicted octanol–water partition coefficient (Wildman–Crippen LogP) is 4.52. The highest BCUT2D eigenvalue weighted by Gasteiger charge is 2.12. The molecule has 0 aromatic heterocycles. The van der Waals surface area contributed by atoms with Gasteiger partial charge in [-0.3, -0.25) is 4.99 Å². The van der Waals surface area contributed by atoms with E-state index in [1.165, 1.54) is 11.1 Å². The number of hydrogen-bond donors (Lipinski definition) is 0. The molecule has 0 heterocycles. The van der Waals surface area contributed by atoms with E-state index in [-0.39, 0.29) is 5.54 Å². The van der Waals surface area contributed by atoms with Crippen LogP contribution in [-0.2, 0) is 6.42 Å². The number of nitrogens with zero attached hydrogens (tertiary/aromatic N) is 1. The molecule has 2 aromatic carbocycles. The summed E-state index contributed by atoms with van der Waals surface area (Å²) in [5, 5.41) is 0. The topological polar surface area (TPSA) is 12.4 Å². The van der Waals surface area contributed by atoms with Crippen LogP contribution in [0.2, 0.25) is 0 Å². The van der Waals surface area contributed by atoms with Gasteiger partial charge in [0.1, 0.15) is 0 Å². The summed E-state index contributed by atoms with van der Waals surface area (Å²) in [6.45, 7) is 6.42. The van der Waals surface area contributed by atoms with Gasteiger partial charge in [0.15, 0.2) is 0 Å². The summed E-state index contributed by atoms with van der Waals surface area (Å²) in [5.41, 5.74) is 3.61. The Balaban J connectivity index is 2.34. The summed E-state index contributed by atoms with van der Waals surface area (Å²) in [7, 11) is 0. The molecule has 0 aliphatic heterocycles. The molecule has 0 fully saturated rings. The molecule has 1 heteroatoms. The average Bonchev–Trinajstić information content (AvgIpc) is 2.39. The minimum atomic E-state index is -0.0556. The number of benzene rings is 2. The first-order valence-corrected chi connectivity index (χ1v) is 6.73. The van der Waals surface area contributed by atoms with Gasteiger partial charge in [0.2, 0.25) is 0 Å². The maximum absolute atomic E-state index is 4.89. The van der Waals surface area contributed by atoms with E-state index in [1.807, 2.05) is 12.1 Å². The van der Waals surface area contributed by atoms with E-state index in [0.717, 1.165) is 12.1 Å². The molecular weight excluding hydrogens is 230 g/mol. The van der Waals surface area contributed by atoms with E-state index in [0.29, 0.717) is 0 Å². The van der Waals surface area contributed by atoms with E-state index in [9.17, 15) is 0 Å². The van der Waals surface area contributed by atoms with Gasteiger partial charge in [0.05, 0.1) is 5.54 Å². The molecule has 2 rings (SSSR count). The predicted molar refractivity (Wildman–Crippen MR) is 82.9 cm³/mol. The molecule has 0 amide bonds. The minimum absolute atomic E-state index is 0.0556. The highest BCUT2D eigenvalue weighted by Crippen LogP contribution is 2.14. The van der Waals surface area contributed by atoms with Crippen LogP contribution in [0.15, 0.2) is 65.7 Å². The van der Waals surface area contributed by atoms with Crippen molar-refractivity contribution in [3.05, 3.63) is 71.8 Å². The Morgan fingerprint density at radius 3 is 1.89 bits per heavy atom. The lowest BCUT2D eigenvalue weighted by atomic mass is 10.0. The lowest BCUT2D eigenvalue weighted by Gasteiger charge is -2.16. The van der Waals surface area contributed by atoms with Crippen LogP contribution in [0.1, 0.15) is 31.9 Å². The molecule has 0 saturated carbocycles. The van der Waals surface area contributed by atoms with E-state index in [4.69, 9.17) is 4.99 Å². The first-order chi connectivity index (χ1) is 9.04. The first kappa shape index (κ1) is 13.5. The Morgan fingerprint density at radius 2 is 1.37 bits per heavy atom. The second kappa shape index (κ2) is 5.83. The summed E-state index contributed by atoms with van der Waals surface area (Å²) in [6.07, 6.45) is 0.877. The summed E-state index contributed by atoms with van der Waals surface area (Å²) in [6, 6.07) is 21.0. The smallest absolute Gasteiger partial charge is 0.0527 e. The van der Waals surface area contributed by atoms with Crippen molar-refractivity contribution in [1.29, 1.82) is 0 Å². The van der Waals surface area contributed by atoms with Crippen molar-refractivity contribution in [2.45, 2.75) is 32.7 Å². The maximum Gasteiger partial charge on any atom is 0.0527 e. The molecule has 2 aromatic rings. The third-order valence-corrected chi connectivity index (χ3v) is 2.79. The molecule has 1 nitrogen and oxygen atoms in total. The van der Waals surface area contributed by atoms with Crippen molar-refractivity contribution in [1.82, 2.24) is 0 Å². The number of aliphatic imine (C=N–C) groups is 1. The van der Waals surface area contributed by atoms with Crippen molar-refractivity contribution in [3.63, 3.8) is 0 Å². The van der Waals surface area contributed by atoms with Crippen LogP contribution in [0.4, 0.5) is 0 Å². The molecule has 0 unspecified atom stereocenters. The van der Waals surface area contributed by atoms with Crippen molar-refractivity contribution in [2.75, 3.05) is 0 Å². The van der Waals surface area contributed by atoms with Crippen molar-refractivity contribution >= 4 is 5.71 Å². The van der Waals surface area contributed by atoms with Crippen molar-refractivity contribution in [3.8, 4) is 0 Å². The largest absolute Gasteiger partial charge is 0.283 e. The molecule has 0 spiro atoms. The van der Waals surface area contributed by atoms with Gasteiger partial charge >= 0.3 is 0 Å². The SMILES string of the molecule is CC(C)(C)N=C(Cc1ccccc1)c1ccccc1. The van der Waals surface area contributed by atoms with E-state index in [2.05, 4.69) is 69.3 Å². The van der Waals surface area contributed by atoms with Crippen LogP contribution in [-0.4, -0.2) is 11.3 Å². The van der Waals surface area contributed by atoms with E-state index in [1.54, 1.807) is 0 Å². The summed E-state index contributed by atoms with van der Waals surface area (Å²) in [4.78, 5) is 4.89. The van der Waals surface area contributed by atoms with Crippen LogP contribution in [0.25, 0.3) is 0 Å². The van der Waals surface area contributed by atoms with E-state index >= 15 is 0 Å². The fourth-order valence-corrected chi connectivity index (χ4v) is 2.03. The highest BCUT2D eigenvalue weighted by molar-refractivity contribution is 6.02. The molecule has 0 aliphatic carbocycles. The summed E-state index contributed by atoms with van der Waals surface area (Å²) in [5.74, 6) is 0. The Kier molecular flexibility index (Phi) is 4.16. The second-order valence-corrected chi connectivity index (χ2v) is 5.76. The standard InChI is InChI=1S/C18H21N/c1-18(2,3)19-17(16-12-8-5-9-13-16)14-15-10-6-4-7-11-15/h4-13H,14H2,1-3H3. The van der Waals surface area contributed by atoms with Crippen LogP contribution in [0, 0.1) is 0 Å². The van der Waals surface area contributed by atoms with Crippen LogP contribution >= 0.6 is 0 Å². The molecule has 0 N–H and O–H groups in total. The lowest BCUT2D eigenvalue weighted by molar-refractivity contribution is 0.583. The molecular formula is C18H21N. The first-order valence-electron chi connectivity index (χ1n) is 6.73. The van der Waals surface area contributed by atoms with Crippen LogP contribution in [0.5, 0.6) is 0 Å². The molecule has 0 atom stereocenters. The normalized spacial score (nSPS) is 12.5. The zero-order valence-electron chi connectivity index (χ0n) is 11.9. The van der Waals surface area contributed by atoms with Gasteiger partial charge in [-0.1, -0.05) is 60.7 Å². The van der Waals surface area contributed by atoms with Gasteiger partial charge in [-0.25, -0.2) is 0 Å². The Bertz CT molecular complexity index is 533. The molecule has 0 saturated heterocycles. The van der Waals surface area contributed by atoms with Gasteiger partial charge in [-0.05, 0) is 31.9 Å². The zero-order valence-corrected chi connectivity index (χ0v) is 11.9. The van der Waals surface area contributed by atoms with Gasteiger partial charge < -0.3 is 0 Å². The maximum atomic E-state index is 4.89. The van der Waals surface area contributed by atoms with Gasteiger partial charge in [0, 0.05) is 12.1 Å². The zero-order chi connectivity index (χ0) is 13.7. The van der Waals surface area contributed by atoms with Gasteiger partial charge in [0.25, 0.3) is 0 Å². The third-order valence-electron chi connectivity index (χ3n) is 2.79. The quantitative estimate of drug-likeness (QED) is 0.711. The third kappa shape index (κ3) is 4.36. The summed E-state index contributed by atoms with van der Waals surface area (Å²) >= 11 is 0. The Morgan fingerprint density at radius 1 is 0.842 bits per heavy atom. The summed E-state index contributed by atoms with van der Waals surface area (Å²) < 4.78 is 0. The Hall–Kier alpha value is -1.89.